The van der Waals surface area contributed by atoms with Gasteiger partial charge in [-0.2, -0.15) is 0 Å². The first-order chi connectivity index (χ1) is 9.68. The van der Waals surface area contributed by atoms with Gasteiger partial charge in [0.05, 0.1) is 4.92 Å². The van der Waals surface area contributed by atoms with Crippen LogP contribution < -0.4 is 5.32 Å². The highest BCUT2D eigenvalue weighted by atomic mass is 16.6. The topological polar surface area (TPSA) is 58.4 Å². The standard InChI is InChI=1S/C15H23N3O2/c1-13-14(6-5-7-15(13)18(19)20)12-16-8-11-17-9-3-2-4-10-17/h5-7,16H,2-4,8-12H2,1H3. The molecule has 0 spiro atoms. The number of nitrogens with one attached hydrogen (secondary N) is 1. The molecule has 1 aromatic carbocycles. The number of likely N-dealkylation sites (tertiary alicyclic amines) is 1. The molecule has 0 radical (unpaired) electrons. The molecule has 1 saturated heterocycles. The lowest BCUT2D eigenvalue weighted by Gasteiger charge is -2.26. The molecule has 1 aliphatic heterocycles. The first-order valence-electron chi connectivity index (χ1n) is 7.34. The summed E-state index contributed by atoms with van der Waals surface area (Å²) in [4.78, 5) is 13.1. The second-order valence-corrected chi connectivity index (χ2v) is 5.40. The van der Waals surface area contributed by atoms with E-state index in [1.54, 1.807) is 12.1 Å². The Balaban J connectivity index is 1.79. The Bertz CT molecular complexity index is 456. The van der Waals surface area contributed by atoms with Crippen molar-refractivity contribution in [2.75, 3.05) is 26.2 Å². The molecule has 1 fully saturated rings. The number of benzene rings is 1. The number of piperidine rings is 1. The van der Waals surface area contributed by atoms with Crippen molar-refractivity contribution in [3.05, 3.63) is 39.4 Å². The van der Waals surface area contributed by atoms with Crippen LogP contribution in [0.5, 0.6) is 0 Å². The summed E-state index contributed by atoms with van der Waals surface area (Å²) < 4.78 is 0. The Labute approximate surface area is 120 Å². The highest BCUT2D eigenvalue weighted by molar-refractivity contribution is 5.44. The molecule has 0 amide bonds. The average molecular weight is 277 g/mol. The van der Waals surface area contributed by atoms with Crippen LogP contribution in [-0.4, -0.2) is 36.0 Å². The fourth-order valence-electron chi connectivity index (χ4n) is 2.70. The minimum atomic E-state index is -0.313. The SMILES string of the molecule is Cc1c(CNCCN2CCCCC2)cccc1[N+](=O)[O-]. The van der Waals surface area contributed by atoms with Gasteiger partial charge in [-0.15, -0.1) is 0 Å². The molecular weight excluding hydrogens is 254 g/mol. The summed E-state index contributed by atoms with van der Waals surface area (Å²) in [7, 11) is 0. The van der Waals surface area contributed by atoms with Crippen molar-refractivity contribution in [3.63, 3.8) is 0 Å². The Kier molecular flexibility index (Phi) is 5.49. The predicted molar refractivity (Wildman–Crippen MR) is 79.8 cm³/mol. The van der Waals surface area contributed by atoms with Crippen molar-refractivity contribution in [3.8, 4) is 0 Å². The Hall–Kier alpha value is -1.46. The summed E-state index contributed by atoms with van der Waals surface area (Å²) in [5.74, 6) is 0. The summed E-state index contributed by atoms with van der Waals surface area (Å²) >= 11 is 0. The summed E-state index contributed by atoms with van der Waals surface area (Å²) in [5, 5.41) is 14.3. The van der Waals surface area contributed by atoms with Gasteiger partial charge in [-0.3, -0.25) is 10.1 Å². The van der Waals surface area contributed by atoms with E-state index in [1.807, 2.05) is 13.0 Å². The lowest BCUT2D eigenvalue weighted by molar-refractivity contribution is -0.385. The normalized spacial score (nSPS) is 16.2. The van der Waals surface area contributed by atoms with Gasteiger partial charge < -0.3 is 10.2 Å². The third-order valence-electron chi connectivity index (χ3n) is 3.98. The van der Waals surface area contributed by atoms with E-state index in [2.05, 4.69) is 10.2 Å². The fraction of sp³-hybridized carbons (Fsp3) is 0.600. The maximum absolute atomic E-state index is 10.9. The molecule has 0 aliphatic carbocycles. The smallest absolute Gasteiger partial charge is 0.272 e. The first-order valence-corrected chi connectivity index (χ1v) is 7.34. The number of rotatable bonds is 6. The van der Waals surface area contributed by atoms with Gasteiger partial charge in [0.25, 0.3) is 5.69 Å². The van der Waals surface area contributed by atoms with Crippen LogP contribution in [0.15, 0.2) is 18.2 Å². The molecule has 0 saturated carbocycles. The maximum atomic E-state index is 10.9. The predicted octanol–water partition coefficient (Wildman–Crippen LogP) is 2.48. The number of nitro benzene ring substituents is 1. The van der Waals surface area contributed by atoms with Crippen LogP contribution in [0, 0.1) is 17.0 Å². The molecule has 0 atom stereocenters. The third-order valence-corrected chi connectivity index (χ3v) is 3.98. The van der Waals surface area contributed by atoms with Gasteiger partial charge in [0.15, 0.2) is 0 Å². The van der Waals surface area contributed by atoms with Crippen LogP contribution in [0.25, 0.3) is 0 Å². The molecular formula is C15H23N3O2. The second kappa shape index (κ2) is 7.36. The van der Waals surface area contributed by atoms with Gasteiger partial charge >= 0.3 is 0 Å². The van der Waals surface area contributed by atoms with E-state index in [-0.39, 0.29) is 10.6 Å². The molecule has 0 bridgehead atoms. The minimum absolute atomic E-state index is 0.209. The van der Waals surface area contributed by atoms with Crippen molar-refractivity contribution in [2.45, 2.75) is 32.7 Å². The summed E-state index contributed by atoms with van der Waals surface area (Å²) in [5.41, 5.74) is 1.99. The van der Waals surface area contributed by atoms with Crippen LogP contribution in [0.1, 0.15) is 30.4 Å². The van der Waals surface area contributed by atoms with Crippen molar-refractivity contribution in [1.82, 2.24) is 10.2 Å². The first kappa shape index (κ1) is 14.9. The number of hydrogen-bond donors (Lipinski definition) is 1. The van der Waals surface area contributed by atoms with Gasteiger partial charge in [0.1, 0.15) is 0 Å². The van der Waals surface area contributed by atoms with E-state index in [1.165, 1.54) is 32.4 Å². The Morgan fingerprint density at radius 3 is 2.75 bits per heavy atom. The monoisotopic (exact) mass is 277 g/mol. The van der Waals surface area contributed by atoms with Crippen molar-refractivity contribution in [1.29, 1.82) is 0 Å². The van der Waals surface area contributed by atoms with Crippen LogP contribution in [0.4, 0.5) is 5.69 Å². The largest absolute Gasteiger partial charge is 0.311 e. The fourth-order valence-corrected chi connectivity index (χ4v) is 2.70. The molecule has 5 nitrogen and oxygen atoms in total. The average Bonchev–Trinajstić information content (AvgIpc) is 2.46. The summed E-state index contributed by atoms with van der Waals surface area (Å²) in [6, 6.07) is 5.27. The lowest BCUT2D eigenvalue weighted by Crippen LogP contribution is -2.35. The minimum Gasteiger partial charge on any atom is -0.311 e. The summed E-state index contributed by atoms with van der Waals surface area (Å²) in [6.45, 7) is 6.92. The van der Waals surface area contributed by atoms with E-state index >= 15 is 0 Å². The Morgan fingerprint density at radius 1 is 1.30 bits per heavy atom. The van der Waals surface area contributed by atoms with Gasteiger partial charge in [-0.25, -0.2) is 0 Å². The van der Waals surface area contributed by atoms with E-state index in [4.69, 9.17) is 0 Å². The third kappa shape index (κ3) is 4.02. The highest BCUT2D eigenvalue weighted by Gasteiger charge is 2.13. The molecule has 0 unspecified atom stereocenters. The van der Waals surface area contributed by atoms with E-state index < -0.39 is 0 Å². The summed E-state index contributed by atoms with van der Waals surface area (Å²) in [6.07, 6.45) is 3.98. The molecule has 1 N–H and O–H groups in total. The van der Waals surface area contributed by atoms with Crippen molar-refractivity contribution in [2.24, 2.45) is 0 Å². The van der Waals surface area contributed by atoms with Gasteiger partial charge in [-0.1, -0.05) is 18.6 Å². The Morgan fingerprint density at radius 2 is 2.05 bits per heavy atom. The van der Waals surface area contributed by atoms with Gasteiger partial charge in [-0.05, 0) is 38.4 Å². The highest BCUT2D eigenvalue weighted by Crippen LogP contribution is 2.20. The van der Waals surface area contributed by atoms with Crippen molar-refractivity contribution >= 4 is 5.69 Å². The van der Waals surface area contributed by atoms with Gasteiger partial charge in [0, 0.05) is 31.3 Å². The molecule has 20 heavy (non-hydrogen) atoms. The van der Waals surface area contributed by atoms with Crippen LogP contribution in [0.3, 0.4) is 0 Å². The van der Waals surface area contributed by atoms with Crippen LogP contribution in [-0.2, 0) is 6.54 Å². The number of nitro groups is 1. The maximum Gasteiger partial charge on any atom is 0.272 e. The molecule has 110 valence electrons. The van der Waals surface area contributed by atoms with Crippen LogP contribution in [0.2, 0.25) is 0 Å². The van der Waals surface area contributed by atoms with Crippen molar-refractivity contribution < 1.29 is 4.92 Å². The van der Waals surface area contributed by atoms with Crippen LogP contribution >= 0.6 is 0 Å². The second-order valence-electron chi connectivity index (χ2n) is 5.40. The molecule has 1 aromatic rings. The zero-order chi connectivity index (χ0) is 14.4. The van der Waals surface area contributed by atoms with E-state index in [9.17, 15) is 10.1 Å². The van der Waals surface area contributed by atoms with E-state index in [0.717, 1.165) is 24.2 Å². The molecule has 1 heterocycles. The molecule has 1 aliphatic rings. The van der Waals surface area contributed by atoms with Gasteiger partial charge in [0.2, 0.25) is 0 Å². The number of nitrogens with zero attached hydrogens (tertiary/aromatic N) is 2. The van der Waals surface area contributed by atoms with E-state index in [0.29, 0.717) is 6.54 Å². The molecule has 0 aromatic heterocycles. The number of hydrogen-bond acceptors (Lipinski definition) is 4. The quantitative estimate of drug-likeness (QED) is 0.493. The zero-order valence-corrected chi connectivity index (χ0v) is 12.1. The zero-order valence-electron chi connectivity index (χ0n) is 12.1. The molecule has 5 heteroatoms. The molecule has 2 rings (SSSR count). The lowest BCUT2D eigenvalue weighted by atomic mass is 10.1.